The highest BCUT2D eigenvalue weighted by molar-refractivity contribution is 4.64. The summed E-state index contributed by atoms with van der Waals surface area (Å²) in [6.45, 7) is 10.9. The summed E-state index contributed by atoms with van der Waals surface area (Å²) in [5.41, 5.74) is 0. The van der Waals surface area contributed by atoms with Crippen molar-refractivity contribution in [3.05, 3.63) is 6.92 Å². The molecule has 0 rings (SSSR count). The molecule has 0 heteroatoms. The van der Waals surface area contributed by atoms with Gasteiger partial charge in [-0.15, -0.1) is 0 Å². The van der Waals surface area contributed by atoms with E-state index in [1.54, 1.807) is 0 Å². The van der Waals surface area contributed by atoms with Crippen LogP contribution in [0, 0.1) is 18.8 Å². The molecule has 0 N–H and O–H groups in total. The first-order valence-corrected chi connectivity index (χ1v) is 6.01. The Hall–Kier alpha value is 0. The molecular weight excluding hydrogens is 156 g/mol. The van der Waals surface area contributed by atoms with E-state index in [0.717, 1.165) is 18.3 Å². The van der Waals surface area contributed by atoms with Gasteiger partial charge in [-0.2, -0.15) is 0 Å². The highest BCUT2D eigenvalue weighted by Gasteiger charge is 2.11. The van der Waals surface area contributed by atoms with Crippen molar-refractivity contribution in [1.82, 2.24) is 0 Å². The van der Waals surface area contributed by atoms with Crippen LogP contribution in [0.15, 0.2) is 0 Å². The summed E-state index contributed by atoms with van der Waals surface area (Å²) in [6, 6.07) is 0. The summed E-state index contributed by atoms with van der Waals surface area (Å²) in [7, 11) is 0. The minimum Gasteiger partial charge on any atom is -0.0654 e. The van der Waals surface area contributed by atoms with Gasteiger partial charge in [0, 0.05) is 0 Å². The maximum atomic E-state index is 3.95. The van der Waals surface area contributed by atoms with Crippen molar-refractivity contribution < 1.29 is 0 Å². The molecule has 1 atom stereocenters. The van der Waals surface area contributed by atoms with E-state index in [-0.39, 0.29) is 0 Å². The van der Waals surface area contributed by atoms with Crippen LogP contribution in [0.3, 0.4) is 0 Å². The van der Waals surface area contributed by atoms with Crippen LogP contribution in [-0.2, 0) is 0 Å². The highest BCUT2D eigenvalue weighted by atomic mass is 14.2. The summed E-state index contributed by atoms with van der Waals surface area (Å²) < 4.78 is 0. The SMILES string of the molecule is [CH2]CCC(CCCCCC)C(C)C. The van der Waals surface area contributed by atoms with Crippen molar-refractivity contribution in [1.29, 1.82) is 0 Å². The molecule has 79 valence electrons. The van der Waals surface area contributed by atoms with Crippen LogP contribution in [0.1, 0.15) is 65.7 Å². The molecule has 0 saturated carbocycles. The van der Waals surface area contributed by atoms with E-state index in [0.29, 0.717) is 0 Å². The molecule has 0 aromatic carbocycles. The van der Waals surface area contributed by atoms with Gasteiger partial charge in [0.05, 0.1) is 0 Å². The highest BCUT2D eigenvalue weighted by Crippen LogP contribution is 2.23. The first kappa shape index (κ1) is 13.0. The van der Waals surface area contributed by atoms with Crippen molar-refractivity contribution in [3.63, 3.8) is 0 Å². The zero-order valence-electron chi connectivity index (χ0n) is 9.81. The fourth-order valence-corrected chi connectivity index (χ4v) is 1.91. The molecular formula is C13H27. The van der Waals surface area contributed by atoms with Crippen molar-refractivity contribution >= 4 is 0 Å². The Balaban J connectivity index is 3.45. The maximum Gasteiger partial charge on any atom is -0.0391 e. The topological polar surface area (TPSA) is 0 Å². The minimum absolute atomic E-state index is 0.850. The van der Waals surface area contributed by atoms with E-state index in [2.05, 4.69) is 27.7 Å². The smallest absolute Gasteiger partial charge is 0.0391 e. The monoisotopic (exact) mass is 183 g/mol. The fourth-order valence-electron chi connectivity index (χ4n) is 1.91. The summed E-state index contributed by atoms with van der Waals surface area (Å²) in [5, 5.41) is 0. The molecule has 0 heterocycles. The summed E-state index contributed by atoms with van der Waals surface area (Å²) >= 11 is 0. The van der Waals surface area contributed by atoms with E-state index in [1.165, 1.54) is 38.5 Å². The number of unbranched alkanes of at least 4 members (excludes halogenated alkanes) is 3. The zero-order valence-corrected chi connectivity index (χ0v) is 9.81. The lowest BCUT2D eigenvalue weighted by Crippen LogP contribution is -2.08. The van der Waals surface area contributed by atoms with E-state index >= 15 is 0 Å². The second-order valence-electron chi connectivity index (χ2n) is 4.50. The van der Waals surface area contributed by atoms with E-state index < -0.39 is 0 Å². The van der Waals surface area contributed by atoms with Crippen LogP contribution in [0.4, 0.5) is 0 Å². The largest absolute Gasteiger partial charge is 0.0654 e. The van der Waals surface area contributed by atoms with Gasteiger partial charge in [0.25, 0.3) is 0 Å². The van der Waals surface area contributed by atoms with Crippen molar-refractivity contribution in [2.24, 2.45) is 11.8 Å². The molecule has 1 unspecified atom stereocenters. The molecule has 0 saturated heterocycles. The van der Waals surface area contributed by atoms with Gasteiger partial charge in [0.15, 0.2) is 0 Å². The quantitative estimate of drug-likeness (QED) is 0.472. The normalized spacial score (nSPS) is 13.6. The predicted octanol–water partition coefficient (Wildman–Crippen LogP) is 4.84. The van der Waals surface area contributed by atoms with Crippen LogP contribution in [0.5, 0.6) is 0 Å². The van der Waals surface area contributed by atoms with Gasteiger partial charge in [-0.1, -0.05) is 72.6 Å². The predicted molar refractivity (Wildman–Crippen MR) is 61.7 cm³/mol. The van der Waals surface area contributed by atoms with E-state index in [1.807, 2.05) is 0 Å². The molecule has 0 amide bonds. The van der Waals surface area contributed by atoms with Crippen molar-refractivity contribution in [2.45, 2.75) is 65.7 Å². The molecule has 0 aromatic heterocycles. The van der Waals surface area contributed by atoms with Gasteiger partial charge in [0.2, 0.25) is 0 Å². The Morgan fingerprint density at radius 1 is 1.00 bits per heavy atom. The summed E-state index contributed by atoms with van der Waals surface area (Å²) in [6.07, 6.45) is 9.47. The van der Waals surface area contributed by atoms with Gasteiger partial charge >= 0.3 is 0 Å². The lowest BCUT2D eigenvalue weighted by Gasteiger charge is -2.19. The van der Waals surface area contributed by atoms with Crippen molar-refractivity contribution in [2.75, 3.05) is 0 Å². The average molecular weight is 183 g/mol. The van der Waals surface area contributed by atoms with Crippen molar-refractivity contribution in [3.8, 4) is 0 Å². The number of rotatable bonds is 8. The second kappa shape index (κ2) is 8.59. The van der Waals surface area contributed by atoms with Crippen LogP contribution < -0.4 is 0 Å². The Labute approximate surface area is 85.1 Å². The second-order valence-corrected chi connectivity index (χ2v) is 4.50. The standard InChI is InChI=1S/C13H27/c1-5-7-8-9-11-13(10-6-2)12(3)4/h12-13H,2,5-11H2,1,3-4H3. The zero-order chi connectivity index (χ0) is 10.1. The van der Waals surface area contributed by atoms with Crippen LogP contribution >= 0.6 is 0 Å². The molecule has 0 aliphatic carbocycles. The number of hydrogen-bond acceptors (Lipinski definition) is 0. The molecule has 0 fully saturated rings. The molecule has 0 aliphatic rings. The molecule has 1 radical (unpaired) electrons. The lowest BCUT2D eigenvalue weighted by molar-refractivity contribution is 0.326. The van der Waals surface area contributed by atoms with E-state index in [9.17, 15) is 0 Å². The first-order valence-electron chi connectivity index (χ1n) is 6.01. The molecule has 0 aromatic rings. The molecule has 0 aliphatic heterocycles. The number of hydrogen-bond donors (Lipinski definition) is 0. The Morgan fingerprint density at radius 2 is 1.69 bits per heavy atom. The third kappa shape index (κ3) is 7.10. The van der Waals surface area contributed by atoms with Crippen LogP contribution in [0.2, 0.25) is 0 Å². The van der Waals surface area contributed by atoms with Gasteiger partial charge in [-0.25, -0.2) is 0 Å². The molecule has 0 bridgehead atoms. The maximum absolute atomic E-state index is 3.95. The Morgan fingerprint density at radius 3 is 2.15 bits per heavy atom. The van der Waals surface area contributed by atoms with Crippen LogP contribution in [0.25, 0.3) is 0 Å². The van der Waals surface area contributed by atoms with Gasteiger partial charge in [-0.05, 0) is 11.8 Å². The van der Waals surface area contributed by atoms with Crippen LogP contribution in [-0.4, -0.2) is 0 Å². The van der Waals surface area contributed by atoms with Gasteiger partial charge < -0.3 is 0 Å². The third-order valence-electron chi connectivity index (χ3n) is 2.95. The summed E-state index contributed by atoms with van der Waals surface area (Å²) in [5.74, 6) is 1.78. The average Bonchev–Trinajstić information content (AvgIpc) is 2.10. The Kier molecular flexibility index (Phi) is 8.59. The fraction of sp³-hybridized carbons (Fsp3) is 0.923. The Bertz CT molecular complexity index is 94.2. The van der Waals surface area contributed by atoms with Gasteiger partial charge in [-0.3, -0.25) is 0 Å². The summed E-state index contributed by atoms with van der Waals surface area (Å²) in [4.78, 5) is 0. The molecule has 0 nitrogen and oxygen atoms in total. The lowest BCUT2D eigenvalue weighted by atomic mass is 9.87. The minimum atomic E-state index is 0.850. The van der Waals surface area contributed by atoms with Gasteiger partial charge in [0.1, 0.15) is 0 Å². The van der Waals surface area contributed by atoms with E-state index in [4.69, 9.17) is 0 Å². The first-order chi connectivity index (χ1) is 6.22. The molecule has 13 heavy (non-hydrogen) atoms. The third-order valence-corrected chi connectivity index (χ3v) is 2.95. The molecule has 0 spiro atoms.